The van der Waals surface area contributed by atoms with Crippen molar-refractivity contribution in [1.82, 2.24) is 20.2 Å². The van der Waals surface area contributed by atoms with Crippen molar-refractivity contribution in [2.24, 2.45) is 0 Å². The molecule has 2 aromatic carbocycles. The van der Waals surface area contributed by atoms with Gasteiger partial charge in [-0.15, -0.1) is 0 Å². The Kier molecular flexibility index (Phi) is 4.55. The molecule has 1 N–H and O–H groups in total. The van der Waals surface area contributed by atoms with Crippen LogP contribution in [0.15, 0.2) is 67.3 Å². The fourth-order valence-electron chi connectivity index (χ4n) is 4.68. The van der Waals surface area contributed by atoms with E-state index in [2.05, 4.69) is 56.6 Å². The quantitative estimate of drug-likeness (QED) is 0.746. The van der Waals surface area contributed by atoms with E-state index in [1.807, 2.05) is 24.5 Å². The number of hydrogen-bond acceptors (Lipinski definition) is 5. The molecule has 2 aliphatic rings. The highest BCUT2D eigenvalue weighted by molar-refractivity contribution is 5.65. The number of rotatable bonds is 5. The molecule has 2 aliphatic heterocycles. The minimum Gasteiger partial charge on any atom is -0.497 e. The Hall–Kier alpha value is -2.76. The first-order chi connectivity index (χ1) is 13.8. The number of nitrogens with zero attached hydrogens (tertiary/aromatic N) is 3. The number of ether oxygens (including phenoxy) is 1. The van der Waals surface area contributed by atoms with Gasteiger partial charge in [-0.05, 0) is 28.8 Å². The number of aromatic nitrogens is 2. The van der Waals surface area contributed by atoms with Crippen LogP contribution in [0.3, 0.4) is 0 Å². The van der Waals surface area contributed by atoms with Gasteiger partial charge in [0.1, 0.15) is 12.1 Å². The van der Waals surface area contributed by atoms with Crippen LogP contribution in [-0.4, -0.2) is 47.2 Å². The summed E-state index contributed by atoms with van der Waals surface area (Å²) in [5.74, 6) is 1.48. The molecule has 0 saturated carbocycles. The van der Waals surface area contributed by atoms with Crippen LogP contribution < -0.4 is 10.1 Å². The maximum atomic E-state index is 5.35. The fourth-order valence-corrected chi connectivity index (χ4v) is 4.68. The molecule has 0 aliphatic carbocycles. The van der Waals surface area contributed by atoms with Crippen LogP contribution in [0, 0.1) is 0 Å². The van der Waals surface area contributed by atoms with Gasteiger partial charge in [0.05, 0.1) is 7.11 Å². The maximum absolute atomic E-state index is 5.35. The smallest absolute Gasteiger partial charge is 0.119 e. The van der Waals surface area contributed by atoms with Gasteiger partial charge in [-0.3, -0.25) is 4.90 Å². The minimum absolute atomic E-state index is 0.529. The standard InChI is InChI=1S/C23H24N4O/c1-28-20-4-2-3-19(9-20)17-5-7-18(8-6-17)23-21-12-24-13-22(23)27(21)14-16-10-25-15-26-11-16/h2-11,15,21-24H,12-14H2,1H3/t21-,22+,23?. The summed E-state index contributed by atoms with van der Waals surface area (Å²) in [5.41, 5.74) is 5.03. The number of piperazine rings is 1. The predicted octanol–water partition coefficient (Wildman–Crippen LogP) is 3.09. The number of methoxy groups -OCH3 is 1. The van der Waals surface area contributed by atoms with Crippen molar-refractivity contribution >= 4 is 0 Å². The van der Waals surface area contributed by atoms with Gasteiger partial charge in [-0.25, -0.2) is 9.97 Å². The third-order valence-corrected chi connectivity index (χ3v) is 6.07. The van der Waals surface area contributed by atoms with Crippen molar-refractivity contribution in [3.05, 3.63) is 78.4 Å². The molecule has 5 rings (SSSR count). The van der Waals surface area contributed by atoms with Crippen molar-refractivity contribution < 1.29 is 4.74 Å². The van der Waals surface area contributed by atoms with Gasteiger partial charge in [-0.1, -0.05) is 36.4 Å². The molecule has 2 bridgehead atoms. The monoisotopic (exact) mass is 372 g/mol. The van der Waals surface area contributed by atoms with Gasteiger partial charge in [0.25, 0.3) is 0 Å². The van der Waals surface area contributed by atoms with E-state index in [-0.39, 0.29) is 0 Å². The summed E-state index contributed by atoms with van der Waals surface area (Å²) in [6.07, 6.45) is 5.44. The minimum atomic E-state index is 0.529. The number of hydrogen-bond donors (Lipinski definition) is 1. The molecule has 0 radical (unpaired) electrons. The zero-order valence-electron chi connectivity index (χ0n) is 16.0. The maximum Gasteiger partial charge on any atom is 0.119 e. The molecule has 28 heavy (non-hydrogen) atoms. The summed E-state index contributed by atoms with van der Waals surface area (Å²) in [5, 5.41) is 3.56. The number of likely N-dealkylation sites (tertiary alicyclic amines) is 1. The zero-order valence-corrected chi connectivity index (χ0v) is 16.0. The number of benzene rings is 2. The van der Waals surface area contributed by atoms with E-state index in [0.717, 1.165) is 25.4 Å². The molecule has 3 atom stereocenters. The molecule has 0 amide bonds. The Morgan fingerprint density at radius 2 is 1.75 bits per heavy atom. The average molecular weight is 372 g/mol. The lowest BCUT2D eigenvalue weighted by atomic mass is 9.72. The van der Waals surface area contributed by atoms with E-state index >= 15 is 0 Å². The molecule has 3 heterocycles. The molecular weight excluding hydrogens is 348 g/mol. The van der Waals surface area contributed by atoms with Crippen molar-refractivity contribution in [2.45, 2.75) is 24.5 Å². The van der Waals surface area contributed by atoms with Crippen molar-refractivity contribution in [2.75, 3.05) is 20.2 Å². The molecule has 1 aromatic heterocycles. The first-order valence-electron chi connectivity index (χ1n) is 9.78. The summed E-state index contributed by atoms with van der Waals surface area (Å²) >= 11 is 0. The molecule has 2 saturated heterocycles. The highest BCUT2D eigenvalue weighted by Crippen LogP contribution is 2.43. The number of nitrogens with one attached hydrogen (secondary N) is 1. The second kappa shape index (κ2) is 7.34. The summed E-state index contributed by atoms with van der Waals surface area (Å²) < 4.78 is 5.35. The van der Waals surface area contributed by atoms with Crippen LogP contribution in [0.5, 0.6) is 5.75 Å². The predicted molar refractivity (Wildman–Crippen MR) is 109 cm³/mol. The van der Waals surface area contributed by atoms with Gasteiger partial charge in [0, 0.05) is 55.6 Å². The molecule has 0 spiro atoms. The zero-order chi connectivity index (χ0) is 18.9. The average Bonchev–Trinajstić information content (AvgIpc) is 2.78. The van der Waals surface area contributed by atoms with Crippen molar-refractivity contribution in [3.63, 3.8) is 0 Å². The first kappa shape index (κ1) is 17.3. The summed E-state index contributed by atoms with van der Waals surface area (Å²) in [6, 6.07) is 18.4. The fraction of sp³-hybridized carbons (Fsp3) is 0.304. The highest BCUT2D eigenvalue weighted by atomic mass is 16.5. The van der Waals surface area contributed by atoms with E-state index < -0.39 is 0 Å². The molecule has 142 valence electrons. The van der Waals surface area contributed by atoms with Crippen LogP contribution in [-0.2, 0) is 6.54 Å². The largest absolute Gasteiger partial charge is 0.497 e. The molecule has 5 nitrogen and oxygen atoms in total. The second-order valence-electron chi connectivity index (χ2n) is 7.59. The molecule has 2 fully saturated rings. The lowest BCUT2D eigenvalue weighted by Gasteiger charge is -2.59. The molecular formula is C23H24N4O. The Morgan fingerprint density at radius 1 is 1.00 bits per heavy atom. The van der Waals surface area contributed by atoms with E-state index in [9.17, 15) is 0 Å². The number of fused-ring (bicyclic) bond motifs is 2. The Bertz CT molecular complexity index is 932. The Morgan fingerprint density at radius 3 is 2.46 bits per heavy atom. The van der Waals surface area contributed by atoms with Crippen LogP contribution in [0.25, 0.3) is 11.1 Å². The Balaban J connectivity index is 1.34. The van der Waals surface area contributed by atoms with E-state index in [0.29, 0.717) is 18.0 Å². The lowest BCUT2D eigenvalue weighted by molar-refractivity contribution is -0.0484. The third kappa shape index (κ3) is 3.07. The second-order valence-corrected chi connectivity index (χ2v) is 7.59. The molecule has 3 aromatic rings. The summed E-state index contributed by atoms with van der Waals surface area (Å²) in [4.78, 5) is 10.9. The van der Waals surface area contributed by atoms with Crippen molar-refractivity contribution in [1.29, 1.82) is 0 Å². The van der Waals surface area contributed by atoms with Gasteiger partial charge in [0.2, 0.25) is 0 Å². The van der Waals surface area contributed by atoms with E-state index in [1.165, 1.54) is 22.3 Å². The number of piperidine rings is 1. The highest BCUT2D eigenvalue weighted by Gasteiger charge is 2.50. The Labute approximate surface area is 165 Å². The van der Waals surface area contributed by atoms with Crippen LogP contribution >= 0.6 is 0 Å². The lowest BCUT2D eigenvalue weighted by Crippen LogP contribution is -2.72. The SMILES string of the molecule is COc1cccc(-c2ccc(C3[C@H]4CNC[C@@H]3N4Cc3cncnc3)cc2)c1. The van der Waals surface area contributed by atoms with Crippen LogP contribution in [0.2, 0.25) is 0 Å². The van der Waals surface area contributed by atoms with Crippen molar-refractivity contribution in [3.8, 4) is 16.9 Å². The van der Waals surface area contributed by atoms with E-state index in [1.54, 1.807) is 13.4 Å². The van der Waals surface area contributed by atoms with Gasteiger partial charge < -0.3 is 10.1 Å². The van der Waals surface area contributed by atoms with Gasteiger partial charge >= 0.3 is 0 Å². The van der Waals surface area contributed by atoms with E-state index in [4.69, 9.17) is 4.74 Å². The van der Waals surface area contributed by atoms with Gasteiger partial charge in [0.15, 0.2) is 0 Å². The normalized spacial score (nSPS) is 23.8. The topological polar surface area (TPSA) is 50.3 Å². The summed E-state index contributed by atoms with van der Waals surface area (Å²) in [7, 11) is 1.71. The summed E-state index contributed by atoms with van der Waals surface area (Å²) in [6.45, 7) is 3.00. The van der Waals surface area contributed by atoms with Gasteiger partial charge in [-0.2, -0.15) is 0 Å². The van der Waals surface area contributed by atoms with Crippen LogP contribution in [0.4, 0.5) is 0 Å². The first-order valence-corrected chi connectivity index (χ1v) is 9.78. The van der Waals surface area contributed by atoms with Crippen LogP contribution in [0.1, 0.15) is 17.0 Å². The molecule has 1 unspecified atom stereocenters. The molecule has 5 heteroatoms. The third-order valence-electron chi connectivity index (χ3n) is 6.07.